The van der Waals surface area contributed by atoms with Crippen molar-refractivity contribution in [1.29, 1.82) is 0 Å². The zero-order chi connectivity index (χ0) is 9.14. The van der Waals surface area contributed by atoms with Gasteiger partial charge in [0.05, 0.1) is 0 Å². The van der Waals surface area contributed by atoms with E-state index in [4.69, 9.17) is 0 Å². The first-order valence-corrected chi connectivity index (χ1v) is 4.12. The predicted octanol–water partition coefficient (Wildman–Crippen LogP) is 1.86. The minimum Gasteiger partial charge on any atom is -0.250 e. The van der Waals surface area contributed by atoms with Gasteiger partial charge >= 0.3 is 0 Å². The summed E-state index contributed by atoms with van der Waals surface area (Å²) in [6, 6.07) is 0. The number of nitrogens with zero attached hydrogens (tertiary/aromatic N) is 3. The minimum atomic E-state index is 0.842. The van der Waals surface area contributed by atoms with Crippen molar-refractivity contribution in [1.82, 2.24) is 14.8 Å². The van der Waals surface area contributed by atoms with Crippen LogP contribution in [0.2, 0.25) is 0 Å². The van der Waals surface area contributed by atoms with E-state index in [0.29, 0.717) is 0 Å². The SMILES string of the molecule is C=C(C)CCn1nc(C)nc1C. The molecule has 0 radical (unpaired) electrons. The molecule has 0 fully saturated rings. The molecule has 0 spiro atoms. The highest BCUT2D eigenvalue weighted by Gasteiger charge is 2.00. The standard InChI is InChI=1S/C9H15N3/c1-7(2)5-6-12-9(4)10-8(3)11-12/h1,5-6H2,2-4H3. The van der Waals surface area contributed by atoms with Crippen LogP contribution in [0.3, 0.4) is 0 Å². The van der Waals surface area contributed by atoms with E-state index in [1.165, 1.54) is 5.57 Å². The largest absolute Gasteiger partial charge is 0.250 e. The molecule has 0 aliphatic rings. The van der Waals surface area contributed by atoms with Gasteiger partial charge in [0.1, 0.15) is 11.6 Å². The van der Waals surface area contributed by atoms with Crippen molar-refractivity contribution in [3.05, 3.63) is 23.8 Å². The molecule has 3 heteroatoms. The fourth-order valence-electron chi connectivity index (χ4n) is 1.07. The molecule has 1 heterocycles. The van der Waals surface area contributed by atoms with E-state index in [9.17, 15) is 0 Å². The summed E-state index contributed by atoms with van der Waals surface area (Å²) in [6.07, 6.45) is 0.976. The summed E-state index contributed by atoms with van der Waals surface area (Å²) in [4.78, 5) is 4.21. The minimum absolute atomic E-state index is 0.842. The monoisotopic (exact) mass is 165 g/mol. The summed E-state index contributed by atoms with van der Waals surface area (Å²) in [7, 11) is 0. The van der Waals surface area contributed by atoms with Gasteiger partial charge in [-0.3, -0.25) is 0 Å². The van der Waals surface area contributed by atoms with E-state index in [2.05, 4.69) is 16.7 Å². The van der Waals surface area contributed by atoms with Crippen LogP contribution in [-0.4, -0.2) is 14.8 Å². The highest BCUT2D eigenvalue weighted by atomic mass is 15.3. The first-order chi connectivity index (χ1) is 5.59. The first-order valence-electron chi connectivity index (χ1n) is 4.12. The third-order valence-electron chi connectivity index (χ3n) is 1.71. The Balaban J connectivity index is 2.62. The van der Waals surface area contributed by atoms with E-state index in [-0.39, 0.29) is 0 Å². The van der Waals surface area contributed by atoms with Gasteiger partial charge in [-0.15, -0.1) is 6.58 Å². The van der Waals surface area contributed by atoms with Crippen LogP contribution >= 0.6 is 0 Å². The molecular formula is C9H15N3. The molecule has 12 heavy (non-hydrogen) atoms. The molecular weight excluding hydrogens is 150 g/mol. The zero-order valence-electron chi connectivity index (χ0n) is 7.96. The third-order valence-corrected chi connectivity index (χ3v) is 1.71. The molecule has 0 aliphatic heterocycles. The Kier molecular flexibility index (Phi) is 2.63. The van der Waals surface area contributed by atoms with E-state index in [1.54, 1.807) is 0 Å². The molecule has 0 N–H and O–H groups in total. The number of hydrogen-bond donors (Lipinski definition) is 0. The van der Waals surface area contributed by atoms with Crippen LogP contribution in [0.25, 0.3) is 0 Å². The van der Waals surface area contributed by atoms with Gasteiger partial charge in [0.2, 0.25) is 0 Å². The molecule has 0 unspecified atom stereocenters. The Morgan fingerprint density at radius 2 is 2.17 bits per heavy atom. The Labute approximate surface area is 73.1 Å². The van der Waals surface area contributed by atoms with Crippen LogP contribution in [0.5, 0.6) is 0 Å². The van der Waals surface area contributed by atoms with Gasteiger partial charge in [-0.05, 0) is 27.2 Å². The van der Waals surface area contributed by atoms with Gasteiger partial charge in [0, 0.05) is 6.54 Å². The highest BCUT2D eigenvalue weighted by molar-refractivity contribution is 4.91. The topological polar surface area (TPSA) is 30.7 Å². The van der Waals surface area contributed by atoms with E-state index in [0.717, 1.165) is 24.6 Å². The Morgan fingerprint density at radius 1 is 1.50 bits per heavy atom. The molecule has 0 bridgehead atoms. The number of aromatic nitrogens is 3. The summed E-state index contributed by atoms with van der Waals surface area (Å²) < 4.78 is 1.92. The Morgan fingerprint density at radius 3 is 2.58 bits per heavy atom. The molecule has 0 aliphatic carbocycles. The van der Waals surface area contributed by atoms with Gasteiger partial charge in [-0.2, -0.15) is 5.10 Å². The maximum absolute atomic E-state index is 4.25. The van der Waals surface area contributed by atoms with Crippen molar-refractivity contribution >= 4 is 0 Å². The summed E-state index contributed by atoms with van der Waals surface area (Å²) in [6.45, 7) is 10.6. The quantitative estimate of drug-likeness (QED) is 0.640. The Hall–Kier alpha value is -1.12. The maximum atomic E-state index is 4.25. The highest BCUT2D eigenvalue weighted by Crippen LogP contribution is 2.01. The summed E-state index contributed by atoms with van der Waals surface area (Å²) in [5, 5.41) is 4.25. The zero-order valence-corrected chi connectivity index (χ0v) is 7.96. The van der Waals surface area contributed by atoms with Crippen LogP contribution in [0.4, 0.5) is 0 Å². The Bertz CT molecular complexity index is 286. The smallest absolute Gasteiger partial charge is 0.147 e. The second kappa shape index (κ2) is 3.52. The molecule has 1 aromatic heterocycles. The van der Waals surface area contributed by atoms with Gasteiger partial charge in [0.15, 0.2) is 0 Å². The van der Waals surface area contributed by atoms with Gasteiger partial charge < -0.3 is 0 Å². The molecule has 66 valence electrons. The molecule has 3 nitrogen and oxygen atoms in total. The lowest BCUT2D eigenvalue weighted by Gasteiger charge is -2.01. The van der Waals surface area contributed by atoms with E-state index in [1.807, 2.05) is 25.5 Å². The summed E-state index contributed by atoms with van der Waals surface area (Å²) in [5.41, 5.74) is 1.18. The molecule has 0 saturated heterocycles. The lowest BCUT2D eigenvalue weighted by molar-refractivity contribution is 0.590. The fourth-order valence-corrected chi connectivity index (χ4v) is 1.07. The third kappa shape index (κ3) is 2.19. The van der Waals surface area contributed by atoms with Crippen molar-refractivity contribution in [2.24, 2.45) is 0 Å². The summed E-state index contributed by atoms with van der Waals surface area (Å²) >= 11 is 0. The number of rotatable bonds is 3. The van der Waals surface area contributed by atoms with Crippen LogP contribution in [0, 0.1) is 13.8 Å². The van der Waals surface area contributed by atoms with Gasteiger partial charge in [0.25, 0.3) is 0 Å². The molecule has 0 aromatic carbocycles. The van der Waals surface area contributed by atoms with Gasteiger partial charge in [-0.1, -0.05) is 5.57 Å². The van der Waals surface area contributed by atoms with Crippen LogP contribution in [0.15, 0.2) is 12.2 Å². The lowest BCUT2D eigenvalue weighted by Crippen LogP contribution is -2.02. The second-order valence-corrected chi connectivity index (χ2v) is 3.14. The van der Waals surface area contributed by atoms with Crippen molar-refractivity contribution in [3.63, 3.8) is 0 Å². The maximum Gasteiger partial charge on any atom is 0.147 e. The first kappa shape index (κ1) is 8.97. The molecule has 0 amide bonds. The van der Waals surface area contributed by atoms with Crippen molar-refractivity contribution in [2.75, 3.05) is 0 Å². The van der Waals surface area contributed by atoms with Crippen LogP contribution in [0.1, 0.15) is 25.0 Å². The van der Waals surface area contributed by atoms with Crippen molar-refractivity contribution in [2.45, 2.75) is 33.7 Å². The average molecular weight is 165 g/mol. The molecule has 1 rings (SSSR count). The fraction of sp³-hybridized carbons (Fsp3) is 0.556. The summed E-state index contributed by atoms with van der Waals surface area (Å²) in [5.74, 6) is 1.82. The molecule has 0 atom stereocenters. The average Bonchev–Trinajstić information content (AvgIpc) is 2.26. The van der Waals surface area contributed by atoms with Gasteiger partial charge in [-0.25, -0.2) is 9.67 Å². The number of aryl methyl sites for hydroxylation is 3. The van der Waals surface area contributed by atoms with E-state index < -0.39 is 0 Å². The normalized spacial score (nSPS) is 10.2. The van der Waals surface area contributed by atoms with Crippen molar-refractivity contribution in [3.8, 4) is 0 Å². The number of hydrogen-bond acceptors (Lipinski definition) is 2. The number of allylic oxidation sites excluding steroid dienone is 1. The van der Waals surface area contributed by atoms with Crippen molar-refractivity contribution < 1.29 is 0 Å². The van der Waals surface area contributed by atoms with Crippen LogP contribution in [-0.2, 0) is 6.54 Å². The lowest BCUT2D eigenvalue weighted by atomic mass is 10.2. The second-order valence-electron chi connectivity index (χ2n) is 3.14. The molecule has 0 saturated carbocycles. The van der Waals surface area contributed by atoms with E-state index >= 15 is 0 Å². The molecule has 1 aromatic rings. The van der Waals surface area contributed by atoms with Crippen LogP contribution < -0.4 is 0 Å². The predicted molar refractivity (Wildman–Crippen MR) is 48.9 cm³/mol.